The first kappa shape index (κ1) is 20.8. The topological polar surface area (TPSA) is 98.0 Å². The van der Waals surface area contributed by atoms with E-state index in [0.29, 0.717) is 16.5 Å². The number of nitrogens with zero attached hydrogens (tertiary/aromatic N) is 3. The van der Waals surface area contributed by atoms with Crippen molar-refractivity contribution in [3.8, 4) is 0 Å². The summed E-state index contributed by atoms with van der Waals surface area (Å²) in [6.45, 7) is 3.65. The Bertz CT molecular complexity index is 1090. The van der Waals surface area contributed by atoms with Crippen molar-refractivity contribution in [1.82, 2.24) is 9.97 Å². The van der Waals surface area contributed by atoms with Gasteiger partial charge in [0.05, 0.1) is 16.1 Å². The van der Waals surface area contributed by atoms with Crippen LogP contribution in [-0.4, -0.2) is 20.8 Å². The third-order valence-electron chi connectivity index (χ3n) is 4.05. The molecule has 0 aliphatic rings. The fraction of sp³-hybridized carbons (Fsp3) is 0.150. The lowest BCUT2D eigenvalue weighted by atomic mass is 10.2. The number of nitro benzene ring substituents is 1. The molecule has 0 saturated heterocycles. The molecule has 29 heavy (non-hydrogen) atoms. The summed E-state index contributed by atoms with van der Waals surface area (Å²) in [4.78, 5) is 31.6. The molecule has 1 heterocycles. The smallest absolute Gasteiger partial charge is 0.275 e. The predicted octanol–water partition coefficient (Wildman–Crippen LogP) is 5.20. The Morgan fingerprint density at radius 1 is 1.24 bits per heavy atom. The van der Waals surface area contributed by atoms with Crippen LogP contribution in [0.1, 0.15) is 27.2 Å². The Hall–Kier alpha value is -2.97. The fourth-order valence-electron chi connectivity index (χ4n) is 2.60. The van der Waals surface area contributed by atoms with Crippen molar-refractivity contribution in [3.63, 3.8) is 0 Å². The number of anilines is 1. The normalized spacial score (nSPS) is 10.6. The number of nitro groups is 1. The van der Waals surface area contributed by atoms with Crippen LogP contribution < -0.4 is 5.32 Å². The highest BCUT2D eigenvalue weighted by atomic mass is 35.5. The molecule has 9 heteroatoms. The van der Waals surface area contributed by atoms with Crippen LogP contribution in [0.3, 0.4) is 0 Å². The molecule has 148 valence electrons. The second-order valence-corrected chi connectivity index (χ2v) is 7.69. The lowest BCUT2D eigenvalue weighted by Gasteiger charge is -2.08. The van der Waals surface area contributed by atoms with Gasteiger partial charge in [-0.2, -0.15) is 0 Å². The average Bonchev–Trinajstić information content (AvgIpc) is 2.68. The van der Waals surface area contributed by atoms with Gasteiger partial charge in [0, 0.05) is 23.1 Å². The highest BCUT2D eigenvalue weighted by molar-refractivity contribution is 7.98. The number of nitrogens with one attached hydrogen (secondary N) is 1. The van der Waals surface area contributed by atoms with Crippen molar-refractivity contribution < 1.29 is 9.72 Å². The molecule has 1 amide bonds. The van der Waals surface area contributed by atoms with Crippen LogP contribution in [0.2, 0.25) is 5.02 Å². The van der Waals surface area contributed by atoms with E-state index >= 15 is 0 Å². The van der Waals surface area contributed by atoms with Crippen molar-refractivity contribution in [2.75, 3.05) is 5.32 Å². The van der Waals surface area contributed by atoms with Gasteiger partial charge in [0.25, 0.3) is 11.6 Å². The maximum atomic E-state index is 12.6. The van der Waals surface area contributed by atoms with E-state index in [1.165, 1.54) is 24.0 Å². The summed E-state index contributed by atoms with van der Waals surface area (Å²) in [6.07, 6.45) is 1.37. The van der Waals surface area contributed by atoms with Gasteiger partial charge < -0.3 is 5.32 Å². The standard InChI is InChI=1S/C20H17ClN4O3S/c1-12-4-3-5-14(8-12)11-29-20-22-10-16(21)18(24-20)19(26)23-15-7-6-13(2)17(9-15)25(27)28/h3-10H,11H2,1-2H3,(H,23,26). The zero-order valence-corrected chi connectivity index (χ0v) is 17.3. The number of aromatic nitrogens is 2. The number of rotatable bonds is 6. The molecule has 0 atom stereocenters. The van der Waals surface area contributed by atoms with Gasteiger partial charge in [-0.25, -0.2) is 9.97 Å². The molecule has 0 radical (unpaired) electrons. The van der Waals surface area contributed by atoms with Gasteiger partial charge in [0.1, 0.15) is 0 Å². The van der Waals surface area contributed by atoms with Gasteiger partial charge in [0.2, 0.25) is 0 Å². The van der Waals surface area contributed by atoms with Gasteiger partial charge >= 0.3 is 0 Å². The summed E-state index contributed by atoms with van der Waals surface area (Å²) in [5.74, 6) is 0.0853. The number of hydrogen-bond acceptors (Lipinski definition) is 6. The molecule has 0 unspecified atom stereocenters. The molecule has 0 aliphatic heterocycles. The Balaban J connectivity index is 1.76. The number of amides is 1. The van der Waals surface area contributed by atoms with Gasteiger partial charge in [-0.05, 0) is 25.5 Å². The highest BCUT2D eigenvalue weighted by Crippen LogP contribution is 2.25. The van der Waals surface area contributed by atoms with E-state index in [9.17, 15) is 14.9 Å². The summed E-state index contributed by atoms with van der Waals surface area (Å²) in [7, 11) is 0. The zero-order chi connectivity index (χ0) is 21.0. The first-order chi connectivity index (χ1) is 13.8. The van der Waals surface area contributed by atoms with E-state index in [-0.39, 0.29) is 22.1 Å². The number of thioether (sulfide) groups is 1. The molecule has 7 nitrogen and oxygen atoms in total. The predicted molar refractivity (Wildman–Crippen MR) is 114 cm³/mol. The van der Waals surface area contributed by atoms with Crippen LogP contribution in [-0.2, 0) is 5.75 Å². The number of hydrogen-bond donors (Lipinski definition) is 1. The average molecular weight is 429 g/mol. The summed E-state index contributed by atoms with van der Waals surface area (Å²) in [6, 6.07) is 12.5. The minimum Gasteiger partial charge on any atom is -0.320 e. The van der Waals surface area contributed by atoms with Crippen LogP contribution in [0.15, 0.2) is 53.8 Å². The Morgan fingerprint density at radius 2 is 2.03 bits per heavy atom. The number of halogens is 1. The molecule has 3 rings (SSSR count). The van der Waals surface area contributed by atoms with Crippen LogP contribution >= 0.6 is 23.4 Å². The molecule has 0 spiro atoms. The quantitative estimate of drug-likeness (QED) is 0.251. The molecule has 1 aromatic heterocycles. The van der Waals surface area contributed by atoms with E-state index in [0.717, 1.165) is 11.1 Å². The first-order valence-electron chi connectivity index (χ1n) is 8.61. The molecule has 0 aliphatic carbocycles. The van der Waals surface area contributed by atoms with E-state index < -0.39 is 10.8 Å². The minimum absolute atomic E-state index is 0.0108. The van der Waals surface area contributed by atoms with Gasteiger partial charge in [-0.1, -0.05) is 59.3 Å². The van der Waals surface area contributed by atoms with E-state index in [2.05, 4.69) is 21.4 Å². The van der Waals surface area contributed by atoms with Crippen LogP contribution in [0.4, 0.5) is 11.4 Å². The number of carbonyl (C=O) groups is 1. The van der Waals surface area contributed by atoms with E-state index in [1.807, 2.05) is 25.1 Å². The maximum absolute atomic E-state index is 12.6. The van der Waals surface area contributed by atoms with Crippen molar-refractivity contribution in [3.05, 3.63) is 86.2 Å². The third kappa shape index (κ3) is 5.30. The third-order valence-corrected chi connectivity index (χ3v) is 5.26. The van der Waals surface area contributed by atoms with Crippen LogP contribution in [0, 0.1) is 24.0 Å². The van der Waals surface area contributed by atoms with Gasteiger partial charge in [-0.3, -0.25) is 14.9 Å². The lowest BCUT2D eigenvalue weighted by Crippen LogP contribution is -2.15. The van der Waals surface area contributed by atoms with Crippen LogP contribution in [0.5, 0.6) is 0 Å². The summed E-state index contributed by atoms with van der Waals surface area (Å²) in [5, 5.41) is 14.2. The van der Waals surface area contributed by atoms with Crippen LogP contribution in [0.25, 0.3) is 0 Å². The summed E-state index contributed by atoms with van der Waals surface area (Å²) >= 11 is 7.49. The molecule has 2 aromatic carbocycles. The molecule has 0 fully saturated rings. The summed E-state index contributed by atoms with van der Waals surface area (Å²) < 4.78 is 0. The number of carbonyl (C=O) groups excluding carboxylic acids is 1. The number of benzene rings is 2. The lowest BCUT2D eigenvalue weighted by molar-refractivity contribution is -0.385. The molecule has 3 aromatic rings. The molecule has 0 bridgehead atoms. The van der Waals surface area contributed by atoms with Crippen molar-refractivity contribution in [1.29, 1.82) is 0 Å². The van der Waals surface area contributed by atoms with E-state index in [1.54, 1.807) is 19.1 Å². The fourth-order valence-corrected chi connectivity index (χ4v) is 3.54. The minimum atomic E-state index is -0.562. The van der Waals surface area contributed by atoms with Gasteiger partial charge in [0.15, 0.2) is 10.9 Å². The largest absolute Gasteiger partial charge is 0.320 e. The SMILES string of the molecule is Cc1cccc(CSc2ncc(Cl)c(C(=O)Nc3ccc(C)c([N+](=O)[O-])c3)n2)c1. The highest BCUT2D eigenvalue weighted by Gasteiger charge is 2.17. The Labute approximate surface area is 176 Å². The second kappa shape index (κ2) is 9.02. The number of aryl methyl sites for hydroxylation is 2. The van der Waals surface area contributed by atoms with E-state index in [4.69, 9.17) is 11.6 Å². The molecule has 1 N–H and O–H groups in total. The van der Waals surface area contributed by atoms with Gasteiger partial charge in [-0.15, -0.1) is 0 Å². The molecular formula is C20H17ClN4O3S. The van der Waals surface area contributed by atoms with Crippen molar-refractivity contribution >= 4 is 40.6 Å². The zero-order valence-electron chi connectivity index (χ0n) is 15.7. The Morgan fingerprint density at radius 3 is 2.76 bits per heavy atom. The van der Waals surface area contributed by atoms with Crippen molar-refractivity contribution in [2.45, 2.75) is 24.8 Å². The second-order valence-electron chi connectivity index (χ2n) is 6.34. The van der Waals surface area contributed by atoms with Crippen molar-refractivity contribution in [2.24, 2.45) is 0 Å². The maximum Gasteiger partial charge on any atom is 0.275 e. The summed E-state index contributed by atoms with van der Waals surface area (Å²) in [5.41, 5.74) is 3.00. The molecular weight excluding hydrogens is 412 g/mol. The Kier molecular flexibility index (Phi) is 6.46. The monoisotopic (exact) mass is 428 g/mol. The molecule has 0 saturated carbocycles. The first-order valence-corrected chi connectivity index (χ1v) is 9.97.